The quantitative estimate of drug-likeness (QED) is 0.621. The van der Waals surface area contributed by atoms with Crippen LogP contribution in [0.3, 0.4) is 0 Å². The highest BCUT2D eigenvalue weighted by Gasteiger charge is 2.25. The number of sulfonamides is 1. The molecule has 0 amide bonds. The Morgan fingerprint density at radius 2 is 2.00 bits per heavy atom. The van der Waals surface area contributed by atoms with Crippen molar-refractivity contribution in [3.05, 3.63) is 53.5 Å². The third kappa shape index (κ3) is 3.87. The molecule has 0 unspecified atom stereocenters. The van der Waals surface area contributed by atoms with Gasteiger partial charge in [-0.2, -0.15) is 4.31 Å². The highest BCUT2D eigenvalue weighted by atomic mass is 32.2. The first-order chi connectivity index (χ1) is 13.2. The molecule has 0 fully saturated rings. The van der Waals surface area contributed by atoms with Gasteiger partial charge in [-0.05, 0) is 32.0 Å². The molecular weight excluding hydrogens is 387 g/mol. The molecule has 2 heterocycles. The van der Waals surface area contributed by atoms with Crippen LogP contribution in [0.4, 0.5) is 4.39 Å². The second-order valence-corrected chi connectivity index (χ2v) is 8.21. The van der Waals surface area contributed by atoms with Gasteiger partial charge in [0.05, 0.1) is 35.5 Å². The van der Waals surface area contributed by atoms with E-state index in [-0.39, 0.29) is 17.2 Å². The Labute approximate surface area is 162 Å². The lowest BCUT2D eigenvalue weighted by Crippen LogP contribution is -2.27. The highest BCUT2D eigenvalue weighted by Crippen LogP contribution is 2.27. The molecule has 28 heavy (non-hydrogen) atoms. The minimum atomic E-state index is -3.96. The van der Waals surface area contributed by atoms with E-state index in [4.69, 9.17) is 9.26 Å². The maximum Gasteiger partial charge on any atom is 0.243 e. The van der Waals surface area contributed by atoms with E-state index < -0.39 is 15.8 Å². The van der Waals surface area contributed by atoms with Crippen LogP contribution in [-0.2, 0) is 16.6 Å². The summed E-state index contributed by atoms with van der Waals surface area (Å²) in [5, 5.41) is 3.84. The Balaban J connectivity index is 1.95. The lowest BCUT2D eigenvalue weighted by atomic mass is 10.1. The molecular formula is C18H19FN4O4S. The molecule has 0 N–H and O–H groups in total. The van der Waals surface area contributed by atoms with Gasteiger partial charge in [-0.25, -0.2) is 22.8 Å². The molecule has 3 rings (SSSR count). The van der Waals surface area contributed by atoms with Gasteiger partial charge < -0.3 is 9.26 Å². The van der Waals surface area contributed by atoms with Crippen molar-refractivity contribution in [1.82, 2.24) is 19.4 Å². The van der Waals surface area contributed by atoms with Gasteiger partial charge >= 0.3 is 0 Å². The fraction of sp³-hybridized carbons (Fsp3) is 0.278. The number of halogens is 1. The van der Waals surface area contributed by atoms with Crippen molar-refractivity contribution in [2.75, 3.05) is 14.2 Å². The summed E-state index contributed by atoms with van der Waals surface area (Å²) in [5.74, 6) is 0.133. The summed E-state index contributed by atoms with van der Waals surface area (Å²) in [6.07, 6.45) is 1.56. The van der Waals surface area contributed by atoms with Gasteiger partial charge in [-0.15, -0.1) is 0 Å². The van der Waals surface area contributed by atoms with Crippen molar-refractivity contribution in [2.45, 2.75) is 25.3 Å². The van der Waals surface area contributed by atoms with Crippen LogP contribution in [0.25, 0.3) is 11.3 Å². The molecule has 0 spiro atoms. The monoisotopic (exact) mass is 406 g/mol. The van der Waals surface area contributed by atoms with Gasteiger partial charge in [0.1, 0.15) is 5.82 Å². The van der Waals surface area contributed by atoms with Crippen LogP contribution in [0, 0.1) is 19.7 Å². The van der Waals surface area contributed by atoms with E-state index in [1.165, 1.54) is 26.3 Å². The fourth-order valence-electron chi connectivity index (χ4n) is 2.62. The third-order valence-electron chi connectivity index (χ3n) is 4.09. The van der Waals surface area contributed by atoms with E-state index in [1.807, 2.05) is 0 Å². The molecule has 10 heteroatoms. The zero-order valence-corrected chi connectivity index (χ0v) is 16.6. The van der Waals surface area contributed by atoms with E-state index in [2.05, 4.69) is 15.1 Å². The molecule has 0 aliphatic rings. The fourth-order valence-corrected chi connectivity index (χ4v) is 3.76. The topological polar surface area (TPSA) is 98.4 Å². The first-order valence-corrected chi connectivity index (χ1v) is 9.72. The molecule has 148 valence electrons. The predicted octanol–water partition coefficient (Wildman–Crippen LogP) is 2.72. The van der Waals surface area contributed by atoms with Gasteiger partial charge in [0.15, 0.2) is 17.3 Å². The van der Waals surface area contributed by atoms with Gasteiger partial charge in [-0.3, -0.25) is 0 Å². The molecule has 8 nitrogen and oxygen atoms in total. The molecule has 0 bridgehead atoms. The maximum absolute atomic E-state index is 14.0. The molecule has 0 atom stereocenters. The van der Waals surface area contributed by atoms with Gasteiger partial charge in [0.25, 0.3) is 0 Å². The summed E-state index contributed by atoms with van der Waals surface area (Å²) in [6.45, 7) is 3.41. The number of rotatable bonds is 6. The minimum absolute atomic E-state index is 0.0315. The van der Waals surface area contributed by atoms with Crippen LogP contribution in [0.15, 0.2) is 39.9 Å². The average molecular weight is 406 g/mol. The largest absolute Gasteiger partial charge is 0.494 e. The van der Waals surface area contributed by atoms with E-state index in [9.17, 15) is 12.8 Å². The van der Waals surface area contributed by atoms with Gasteiger partial charge in [0.2, 0.25) is 10.0 Å². The average Bonchev–Trinajstić information content (AvgIpc) is 3.07. The number of nitrogens with zero attached hydrogens (tertiary/aromatic N) is 4. The van der Waals surface area contributed by atoms with Crippen LogP contribution < -0.4 is 4.74 Å². The van der Waals surface area contributed by atoms with Gasteiger partial charge in [0, 0.05) is 19.3 Å². The van der Waals surface area contributed by atoms with Crippen LogP contribution in [0.2, 0.25) is 0 Å². The second kappa shape index (κ2) is 7.64. The molecule has 0 aliphatic carbocycles. The summed E-state index contributed by atoms with van der Waals surface area (Å²) >= 11 is 0. The second-order valence-electron chi connectivity index (χ2n) is 6.17. The number of hydrogen-bond donors (Lipinski definition) is 0. The summed E-state index contributed by atoms with van der Waals surface area (Å²) in [4.78, 5) is 8.32. The van der Waals surface area contributed by atoms with Crippen molar-refractivity contribution >= 4 is 10.0 Å². The summed E-state index contributed by atoms with van der Waals surface area (Å²) in [5.41, 5.74) is 1.66. The molecule has 0 saturated carbocycles. The van der Waals surface area contributed by atoms with Crippen molar-refractivity contribution in [1.29, 1.82) is 0 Å². The molecule has 0 radical (unpaired) electrons. The Kier molecular flexibility index (Phi) is 5.43. The zero-order valence-electron chi connectivity index (χ0n) is 15.8. The van der Waals surface area contributed by atoms with Crippen molar-refractivity contribution in [3.63, 3.8) is 0 Å². The molecule has 3 aromatic rings. The van der Waals surface area contributed by atoms with Crippen LogP contribution in [0.1, 0.15) is 17.2 Å². The normalized spacial score (nSPS) is 11.8. The SMILES string of the molecule is COc1ccc(S(=O)(=O)N(C)Cc2nc(C)ncc2-c2cc(C)no2)cc1F. The zero-order chi connectivity index (χ0) is 20.5. The Morgan fingerprint density at radius 3 is 2.61 bits per heavy atom. The summed E-state index contributed by atoms with van der Waals surface area (Å²) in [7, 11) is -1.26. The van der Waals surface area contributed by atoms with E-state index >= 15 is 0 Å². The standard InChI is InChI=1S/C18H19FN4O4S/c1-11-7-18(27-22-11)14-9-20-12(2)21-16(14)10-23(3)28(24,25)13-5-6-17(26-4)15(19)8-13/h5-9H,10H2,1-4H3. The molecule has 1 aromatic carbocycles. The lowest BCUT2D eigenvalue weighted by molar-refractivity contribution is 0.385. The van der Waals surface area contributed by atoms with E-state index in [1.54, 1.807) is 26.1 Å². The first-order valence-electron chi connectivity index (χ1n) is 8.28. The number of aromatic nitrogens is 3. The van der Waals surface area contributed by atoms with Crippen molar-refractivity contribution in [3.8, 4) is 17.1 Å². The number of ether oxygens (including phenoxy) is 1. The Bertz CT molecular complexity index is 1110. The van der Waals surface area contributed by atoms with E-state index in [0.29, 0.717) is 28.5 Å². The maximum atomic E-state index is 14.0. The highest BCUT2D eigenvalue weighted by molar-refractivity contribution is 7.89. The third-order valence-corrected chi connectivity index (χ3v) is 5.88. The minimum Gasteiger partial charge on any atom is -0.494 e. The van der Waals surface area contributed by atoms with Crippen LogP contribution in [0.5, 0.6) is 5.75 Å². The lowest BCUT2D eigenvalue weighted by Gasteiger charge is -2.18. The molecule has 2 aromatic heterocycles. The number of hydrogen-bond acceptors (Lipinski definition) is 7. The summed E-state index contributed by atoms with van der Waals surface area (Å²) < 4.78 is 50.9. The molecule has 0 saturated heterocycles. The Morgan fingerprint density at radius 1 is 1.25 bits per heavy atom. The van der Waals surface area contributed by atoms with Gasteiger partial charge in [-0.1, -0.05) is 5.16 Å². The van der Waals surface area contributed by atoms with Crippen LogP contribution in [-0.4, -0.2) is 42.0 Å². The predicted molar refractivity (Wildman–Crippen MR) is 98.6 cm³/mol. The van der Waals surface area contributed by atoms with Crippen LogP contribution >= 0.6 is 0 Å². The van der Waals surface area contributed by atoms with Crippen molar-refractivity contribution < 1.29 is 22.1 Å². The number of aryl methyl sites for hydroxylation is 2. The smallest absolute Gasteiger partial charge is 0.243 e. The Hall–Kier alpha value is -2.85. The van der Waals surface area contributed by atoms with Crippen molar-refractivity contribution in [2.24, 2.45) is 0 Å². The summed E-state index contributed by atoms with van der Waals surface area (Å²) in [6, 6.07) is 5.20. The number of methoxy groups -OCH3 is 1. The first kappa shape index (κ1) is 19.9. The van der Waals surface area contributed by atoms with E-state index in [0.717, 1.165) is 10.4 Å². The number of benzene rings is 1. The molecule has 0 aliphatic heterocycles.